The zero-order valence-corrected chi connectivity index (χ0v) is 13.8. The van der Waals surface area contributed by atoms with Gasteiger partial charge in [0, 0.05) is 0 Å². The van der Waals surface area contributed by atoms with Crippen LogP contribution < -0.4 is 4.72 Å². The second-order valence-corrected chi connectivity index (χ2v) is 7.40. The van der Waals surface area contributed by atoms with Crippen LogP contribution in [0, 0.1) is 5.92 Å². The van der Waals surface area contributed by atoms with Crippen LogP contribution in [0.3, 0.4) is 0 Å². The van der Waals surface area contributed by atoms with Crippen LogP contribution in [0.2, 0.25) is 5.02 Å². The predicted octanol–water partition coefficient (Wildman–Crippen LogP) is 3.14. The molecule has 0 radical (unpaired) electrons. The van der Waals surface area contributed by atoms with Gasteiger partial charge in [-0.2, -0.15) is 17.9 Å². The molecule has 0 aliphatic carbocycles. The fourth-order valence-electron chi connectivity index (χ4n) is 1.81. The fraction of sp³-hybridized carbons (Fsp3) is 0.462. The Labute approximate surface area is 136 Å². The van der Waals surface area contributed by atoms with Crippen molar-refractivity contribution < 1.29 is 31.5 Å². The third-order valence-electron chi connectivity index (χ3n) is 2.86. The minimum atomic E-state index is -4.83. The molecule has 1 atom stereocenters. The number of carbonyl (C=O) groups is 1. The Kier molecular flexibility index (Phi) is 6.06. The number of rotatable bonds is 6. The van der Waals surface area contributed by atoms with Gasteiger partial charge in [0.15, 0.2) is 0 Å². The van der Waals surface area contributed by atoms with Gasteiger partial charge in [0.1, 0.15) is 6.04 Å². The van der Waals surface area contributed by atoms with Crippen molar-refractivity contribution in [1.82, 2.24) is 4.72 Å². The number of hydrogen-bond acceptors (Lipinski definition) is 3. The minimum absolute atomic E-state index is 0.00567. The van der Waals surface area contributed by atoms with Gasteiger partial charge in [0.25, 0.3) is 0 Å². The molecule has 2 N–H and O–H groups in total. The third kappa shape index (κ3) is 5.36. The summed E-state index contributed by atoms with van der Waals surface area (Å²) in [6, 6.07) is 0.620. The van der Waals surface area contributed by atoms with E-state index in [4.69, 9.17) is 16.7 Å². The van der Waals surface area contributed by atoms with E-state index < -0.39 is 43.7 Å². The third-order valence-corrected chi connectivity index (χ3v) is 4.66. The van der Waals surface area contributed by atoms with Gasteiger partial charge in [-0.05, 0) is 30.5 Å². The lowest BCUT2D eigenvalue weighted by Crippen LogP contribution is -2.41. The molecule has 0 aromatic heterocycles. The van der Waals surface area contributed by atoms with E-state index in [-0.39, 0.29) is 12.3 Å². The molecule has 1 aromatic rings. The quantitative estimate of drug-likeness (QED) is 0.802. The van der Waals surface area contributed by atoms with Crippen LogP contribution in [0.25, 0.3) is 0 Å². The van der Waals surface area contributed by atoms with E-state index in [1.54, 1.807) is 13.8 Å². The molecule has 0 fully saturated rings. The van der Waals surface area contributed by atoms with Crippen LogP contribution in [0.4, 0.5) is 13.2 Å². The Morgan fingerprint density at radius 1 is 1.35 bits per heavy atom. The van der Waals surface area contributed by atoms with Gasteiger partial charge >= 0.3 is 12.1 Å². The highest BCUT2D eigenvalue weighted by molar-refractivity contribution is 7.89. The lowest BCUT2D eigenvalue weighted by atomic mass is 10.1. The van der Waals surface area contributed by atoms with Gasteiger partial charge in [-0.3, -0.25) is 4.79 Å². The minimum Gasteiger partial charge on any atom is -0.480 e. The molecule has 0 saturated heterocycles. The summed E-state index contributed by atoms with van der Waals surface area (Å²) in [5, 5.41) is 8.39. The van der Waals surface area contributed by atoms with Crippen molar-refractivity contribution in [1.29, 1.82) is 0 Å². The molecule has 23 heavy (non-hydrogen) atoms. The smallest absolute Gasteiger partial charge is 0.417 e. The molecule has 1 unspecified atom stereocenters. The first kappa shape index (κ1) is 19.7. The van der Waals surface area contributed by atoms with Crippen molar-refractivity contribution in [3.63, 3.8) is 0 Å². The van der Waals surface area contributed by atoms with Crippen molar-refractivity contribution in [3.05, 3.63) is 28.8 Å². The molecule has 130 valence electrons. The maximum absolute atomic E-state index is 12.8. The molecule has 0 spiro atoms. The van der Waals surface area contributed by atoms with Gasteiger partial charge < -0.3 is 5.11 Å². The van der Waals surface area contributed by atoms with E-state index in [2.05, 4.69) is 0 Å². The zero-order valence-electron chi connectivity index (χ0n) is 12.2. The van der Waals surface area contributed by atoms with Crippen molar-refractivity contribution >= 4 is 27.6 Å². The number of benzene rings is 1. The monoisotopic (exact) mass is 373 g/mol. The highest BCUT2D eigenvalue weighted by atomic mass is 35.5. The van der Waals surface area contributed by atoms with Gasteiger partial charge in [-0.1, -0.05) is 25.4 Å². The molecule has 1 aromatic carbocycles. The molecule has 0 aliphatic rings. The Morgan fingerprint density at radius 3 is 2.35 bits per heavy atom. The molecule has 0 heterocycles. The van der Waals surface area contributed by atoms with E-state index >= 15 is 0 Å². The maximum Gasteiger partial charge on any atom is 0.417 e. The lowest BCUT2D eigenvalue weighted by Gasteiger charge is -2.17. The Bertz CT molecular complexity index is 689. The van der Waals surface area contributed by atoms with E-state index in [0.29, 0.717) is 6.07 Å². The first-order valence-electron chi connectivity index (χ1n) is 6.46. The zero-order chi connectivity index (χ0) is 18.0. The fourth-order valence-corrected chi connectivity index (χ4v) is 3.27. The number of sulfonamides is 1. The molecule has 1 rings (SSSR count). The second-order valence-electron chi connectivity index (χ2n) is 5.28. The normalized spacial score (nSPS) is 14.0. The molecular formula is C13H15ClF3NO4S. The molecule has 0 saturated carbocycles. The topological polar surface area (TPSA) is 83.5 Å². The lowest BCUT2D eigenvalue weighted by molar-refractivity contribution is -0.139. The van der Waals surface area contributed by atoms with Crippen molar-refractivity contribution in [2.24, 2.45) is 5.92 Å². The van der Waals surface area contributed by atoms with Gasteiger partial charge in [-0.25, -0.2) is 8.42 Å². The molecule has 0 amide bonds. The number of hydrogen-bond donors (Lipinski definition) is 2. The summed E-state index contributed by atoms with van der Waals surface area (Å²) in [4.78, 5) is 10.4. The van der Waals surface area contributed by atoms with Crippen LogP contribution in [0.1, 0.15) is 25.8 Å². The largest absolute Gasteiger partial charge is 0.480 e. The summed E-state index contributed by atoms with van der Waals surface area (Å²) in [6.45, 7) is 3.38. The van der Waals surface area contributed by atoms with E-state index in [9.17, 15) is 26.4 Å². The maximum atomic E-state index is 12.8. The summed E-state index contributed by atoms with van der Waals surface area (Å²) < 4.78 is 64.5. The molecule has 10 heteroatoms. The number of nitrogens with one attached hydrogen (secondary N) is 1. The number of aliphatic carboxylic acids is 1. The van der Waals surface area contributed by atoms with Gasteiger partial charge in [-0.15, -0.1) is 0 Å². The van der Waals surface area contributed by atoms with Gasteiger partial charge in [0.05, 0.1) is 15.5 Å². The highest BCUT2D eigenvalue weighted by Crippen LogP contribution is 2.35. The molecular weight excluding hydrogens is 359 g/mol. The summed E-state index contributed by atoms with van der Waals surface area (Å²) in [6.07, 6.45) is -4.83. The van der Waals surface area contributed by atoms with Crippen molar-refractivity contribution in [3.8, 4) is 0 Å². The SMILES string of the molecule is CC(C)CC(NS(=O)(=O)c1ccc(Cl)c(C(F)(F)F)c1)C(=O)O. The first-order chi connectivity index (χ1) is 10.3. The predicted molar refractivity (Wildman–Crippen MR) is 77.7 cm³/mol. The average Bonchev–Trinajstić information content (AvgIpc) is 2.35. The van der Waals surface area contributed by atoms with Crippen molar-refractivity contribution in [2.75, 3.05) is 0 Å². The molecule has 0 bridgehead atoms. The average molecular weight is 374 g/mol. The summed E-state index contributed by atoms with van der Waals surface area (Å²) >= 11 is 5.43. The van der Waals surface area contributed by atoms with Crippen LogP contribution in [-0.2, 0) is 21.0 Å². The number of alkyl halides is 3. The number of halogens is 4. The summed E-state index contributed by atoms with van der Waals surface area (Å²) in [5.41, 5.74) is -1.31. The molecule has 5 nitrogen and oxygen atoms in total. The standard InChI is InChI=1S/C13H15ClF3NO4S/c1-7(2)5-11(12(19)20)18-23(21,22)8-3-4-10(14)9(6-8)13(15,16)17/h3-4,6-7,11,18H,5H2,1-2H3,(H,19,20). The van der Waals surface area contributed by atoms with E-state index in [0.717, 1.165) is 12.1 Å². The Morgan fingerprint density at radius 2 is 1.91 bits per heavy atom. The van der Waals surface area contributed by atoms with Crippen LogP contribution >= 0.6 is 11.6 Å². The Balaban J connectivity index is 3.21. The molecule has 0 aliphatic heterocycles. The van der Waals surface area contributed by atoms with Gasteiger partial charge in [0.2, 0.25) is 10.0 Å². The highest BCUT2D eigenvalue weighted by Gasteiger charge is 2.35. The van der Waals surface area contributed by atoms with Crippen molar-refractivity contribution in [2.45, 2.75) is 37.4 Å². The van der Waals surface area contributed by atoms with Crippen LogP contribution in [0.5, 0.6) is 0 Å². The van der Waals surface area contributed by atoms with E-state index in [1.807, 2.05) is 4.72 Å². The van der Waals surface area contributed by atoms with E-state index in [1.165, 1.54) is 0 Å². The second kappa shape index (κ2) is 7.06. The summed E-state index contributed by atoms with van der Waals surface area (Å²) in [5.74, 6) is -1.54. The summed E-state index contributed by atoms with van der Waals surface area (Å²) in [7, 11) is -4.44. The number of carboxylic acid groups (broad SMARTS) is 1. The number of carboxylic acids is 1. The Hall–Kier alpha value is -1.32. The van der Waals surface area contributed by atoms with Crippen LogP contribution in [0.15, 0.2) is 23.1 Å². The first-order valence-corrected chi connectivity index (χ1v) is 8.32. The van der Waals surface area contributed by atoms with Crippen LogP contribution in [-0.4, -0.2) is 25.5 Å².